The van der Waals surface area contributed by atoms with Gasteiger partial charge in [-0.25, -0.2) is 0 Å². The van der Waals surface area contributed by atoms with Gasteiger partial charge in [-0.15, -0.1) is 0 Å². The van der Waals surface area contributed by atoms with Gasteiger partial charge in [-0.2, -0.15) is 0 Å². The summed E-state index contributed by atoms with van der Waals surface area (Å²) in [6, 6.07) is 10.0. The Balaban J connectivity index is 2.11. The molecule has 1 atom stereocenters. The molecule has 24 heavy (non-hydrogen) atoms. The summed E-state index contributed by atoms with van der Waals surface area (Å²) >= 11 is 7.52. The zero-order valence-electron chi connectivity index (χ0n) is 13.3. The van der Waals surface area contributed by atoms with Gasteiger partial charge in [0.1, 0.15) is 0 Å². The summed E-state index contributed by atoms with van der Waals surface area (Å²) in [5.74, 6) is 1.06. The topological polar surface area (TPSA) is 25.9 Å². The van der Waals surface area contributed by atoms with Gasteiger partial charge in [0.2, 0.25) is 0 Å². The number of para-hydroxylation sites is 1. The third-order valence-electron chi connectivity index (χ3n) is 4.17. The Morgan fingerprint density at radius 2 is 2.08 bits per heavy atom. The molecule has 0 radical (unpaired) electrons. The first-order chi connectivity index (χ1) is 11.6. The number of aromatic nitrogens is 2. The van der Waals surface area contributed by atoms with Gasteiger partial charge in [-0.05, 0) is 0 Å². The van der Waals surface area contributed by atoms with E-state index in [2.05, 4.69) is 33.4 Å². The predicted molar refractivity (Wildman–Crippen MR) is 107 cm³/mol. The standard InChI is InChI=1S/C17H16BrN2OS2Se/c1-10-11(2)23-16-14(10)15(21)19(12-6-4-3-5-7-12)17-20(16)24-13(8-18)9-22-17/h3-7,13H,8-9H2,1-2H3/q+1. The van der Waals surface area contributed by atoms with Gasteiger partial charge in [0, 0.05) is 0 Å². The first-order valence-corrected chi connectivity index (χ1v) is 12.3. The Hall–Kier alpha value is -0.591. The molecule has 0 N–H and O–H groups in total. The average molecular weight is 487 g/mol. The molecule has 3 heterocycles. The number of rotatable bonds is 2. The van der Waals surface area contributed by atoms with Gasteiger partial charge in [-0.1, -0.05) is 0 Å². The van der Waals surface area contributed by atoms with Crippen molar-refractivity contribution < 1.29 is 3.58 Å². The fraction of sp³-hybridized carbons (Fsp3) is 0.294. The Kier molecular flexibility index (Phi) is 4.64. The molecule has 0 bridgehead atoms. The maximum atomic E-state index is 13.3. The fourth-order valence-corrected chi connectivity index (χ4v) is 9.44. The summed E-state index contributed by atoms with van der Waals surface area (Å²) in [6.45, 7) is 4.19. The van der Waals surface area contributed by atoms with Gasteiger partial charge < -0.3 is 0 Å². The Bertz CT molecular complexity index is 984. The SMILES string of the molecule is Cc1sc2c(c1C)c(=O)n(-c1ccccc1)c1[n+]2[Se]C(CBr)CS1. The van der Waals surface area contributed by atoms with Crippen LogP contribution in [0, 0.1) is 13.8 Å². The third kappa shape index (κ3) is 2.61. The van der Waals surface area contributed by atoms with Gasteiger partial charge in [0.15, 0.2) is 0 Å². The summed E-state index contributed by atoms with van der Waals surface area (Å²) in [7, 11) is 0. The number of benzene rings is 1. The number of nitrogens with zero attached hydrogens (tertiary/aromatic N) is 2. The first-order valence-electron chi connectivity index (χ1n) is 7.64. The minimum atomic E-state index is 0.116. The molecular formula is C17H16BrN2OS2Se+. The van der Waals surface area contributed by atoms with Crippen molar-refractivity contribution in [3.05, 3.63) is 51.1 Å². The van der Waals surface area contributed by atoms with Crippen LogP contribution in [0.2, 0.25) is 4.82 Å². The van der Waals surface area contributed by atoms with Gasteiger partial charge in [0.25, 0.3) is 0 Å². The van der Waals surface area contributed by atoms with Gasteiger partial charge >= 0.3 is 164 Å². The van der Waals surface area contributed by atoms with Crippen LogP contribution < -0.4 is 9.14 Å². The van der Waals surface area contributed by atoms with Gasteiger partial charge in [0.05, 0.1) is 0 Å². The maximum absolute atomic E-state index is 13.3. The van der Waals surface area contributed by atoms with Crippen molar-refractivity contribution in [3.8, 4) is 5.69 Å². The van der Waals surface area contributed by atoms with E-state index < -0.39 is 0 Å². The molecule has 1 unspecified atom stereocenters. The second-order valence-electron chi connectivity index (χ2n) is 5.71. The summed E-state index contributed by atoms with van der Waals surface area (Å²) in [5, 5.41) is 2.99. The van der Waals surface area contributed by atoms with Crippen LogP contribution in [0.25, 0.3) is 15.9 Å². The van der Waals surface area contributed by atoms with E-state index in [-0.39, 0.29) is 5.56 Å². The predicted octanol–water partition coefficient (Wildman–Crippen LogP) is 3.71. The molecule has 0 saturated heterocycles. The Labute approximate surface area is 163 Å². The van der Waals surface area contributed by atoms with Crippen LogP contribution in [0.3, 0.4) is 0 Å². The number of thiophene rings is 1. The molecule has 0 aliphatic carbocycles. The number of aryl methyl sites for hydroxylation is 2. The molecule has 1 aliphatic heterocycles. The van der Waals surface area contributed by atoms with Crippen molar-refractivity contribution in [2.75, 3.05) is 11.1 Å². The van der Waals surface area contributed by atoms with Crippen molar-refractivity contribution in [1.29, 1.82) is 0 Å². The van der Waals surface area contributed by atoms with Crippen molar-refractivity contribution in [2.45, 2.75) is 23.8 Å². The van der Waals surface area contributed by atoms with Crippen molar-refractivity contribution >= 4 is 64.4 Å². The van der Waals surface area contributed by atoms with E-state index >= 15 is 0 Å². The van der Waals surface area contributed by atoms with E-state index in [1.165, 1.54) is 4.88 Å². The molecule has 3 aromatic rings. The van der Waals surface area contributed by atoms with Crippen LogP contribution in [-0.2, 0) is 0 Å². The summed E-state index contributed by atoms with van der Waals surface area (Å²) in [6.07, 6.45) is 0. The van der Waals surface area contributed by atoms with Crippen LogP contribution in [0.15, 0.2) is 40.3 Å². The average Bonchev–Trinajstić information content (AvgIpc) is 2.91. The molecule has 3 nitrogen and oxygen atoms in total. The second-order valence-corrected chi connectivity index (χ2v) is 11.2. The minimum absolute atomic E-state index is 0.116. The Morgan fingerprint density at radius 1 is 1.33 bits per heavy atom. The molecule has 7 heteroatoms. The molecule has 0 amide bonds. The molecule has 0 spiro atoms. The zero-order chi connectivity index (χ0) is 16.8. The molecule has 4 rings (SSSR count). The quantitative estimate of drug-likeness (QED) is 0.313. The number of alkyl halides is 1. The monoisotopic (exact) mass is 487 g/mol. The van der Waals surface area contributed by atoms with Gasteiger partial charge in [-0.3, -0.25) is 0 Å². The van der Waals surface area contributed by atoms with Crippen molar-refractivity contribution in [1.82, 2.24) is 4.57 Å². The van der Waals surface area contributed by atoms with E-state index in [0.29, 0.717) is 20.0 Å². The Morgan fingerprint density at radius 3 is 2.79 bits per heavy atom. The normalized spacial score (nSPS) is 17.2. The molecule has 0 saturated carbocycles. The third-order valence-corrected chi connectivity index (χ3v) is 11.8. The van der Waals surface area contributed by atoms with E-state index in [1.807, 2.05) is 34.9 Å². The van der Waals surface area contributed by atoms with Crippen molar-refractivity contribution in [3.63, 3.8) is 0 Å². The molecule has 0 fully saturated rings. The van der Waals surface area contributed by atoms with Crippen LogP contribution >= 0.6 is 39.0 Å². The zero-order valence-corrected chi connectivity index (χ0v) is 18.2. The molecular weight excluding hydrogens is 471 g/mol. The van der Waals surface area contributed by atoms with E-state index in [4.69, 9.17) is 0 Å². The fourth-order valence-electron chi connectivity index (χ4n) is 2.82. The van der Waals surface area contributed by atoms with Crippen molar-refractivity contribution in [2.24, 2.45) is 0 Å². The number of hydrogen-bond acceptors (Lipinski definition) is 3. The molecule has 1 aliphatic rings. The summed E-state index contributed by atoms with van der Waals surface area (Å²) < 4.78 is 4.33. The molecule has 1 aromatic carbocycles. The van der Waals surface area contributed by atoms with E-state index in [0.717, 1.165) is 37.7 Å². The van der Waals surface area contributed by atoms with E-state index in [1.54, 1.807) is 23.1 Å². The number of fused-ring (bicyclic) bond motifs is 3. The first kappa shape index (κ1) is 16.9. The summed E-state index contributed by atoms with van der Waals surface area (Å²) in [5.41, 5.74) is 2.20. The number of hydrogen-bond donors (Lipinski definition) is 0. The number of halogens is 1. The van der Waals surface area contributed by atoms with Crippen LogP contribution in [0.1, 0.15) is 10.4 Å². The van der Waals surface area contributed by atoms with E-state index in [9.17, 15) is 4.79 Å². The van der Waals surface area contributed by atoms with Crippen LogP contribution in [-0.4, -0.2) is 30.8 Å². The van der Waals surface area contributed by atoms with Crippen LogP contribution in [0.4, 0.5) is 0 Å². The second kappa shape index (κ2) is 6.61. The molecule has 124 valence electrons. The summed E-state index contributed by atoms with van der Waals surface area (Å²) in [4.78, 5) is 16.4. The molecule has 2 aromatic heterocycles. The van der Waals surface area contributed by atoms with Crippen LogP contribution in [0.5, 0.6) is 0 Å². The number of thioether (sulfide) groups is 1.